The number of imidazole rings is 2. The van der Waals surface area contributed by atoms with Gasteiger partial charge < -0.3 is 14.0 Å². The van der Waals surface area contributed by atoms with E-state index in [2.05, 4.69) is 25.8 Å². The van der Waals surface area contributed by atoms with Crippen LogP contribution in [-0.4, -0.2) is 67.0 Å². The first-order valence-corrected chi connectivity index (χ1v) is 21.4. The molecule has 2 aliphatic rings. The molecule has 0 aliphatic carbocycles. The molecule has 8 aromatic rings. The van der Waals surface area contributed by atoms with E-state index in [1.54, 1.807) is 63.1 Å². The van der Waals surface area contributed by atoms with E-state index in [0.29, 0.717) is 47.1 Å². The molecule has 4 aromatic heterocycles. The van der Waals surface area contributed by atoms with Crippen molar-refractivity contribution in [1.29, 1.82) is 0 Å². The van der Waals surface area contributed by atoms with Gasteiger partial charge in [-0.15, -0.1) is 0 Å². The molecule has 0 atom stereocenters. The summed E-state index contributed by atoms with van der Waals surface area (Å²) in [7, 11) is 0. The van der Waals surface area contributed by atoms with Crippen LogP contribution < -0.4 is 30.3 Å². The molecule has 0 bridgehead atoms. The molecule has 20 heteroatoms. The number of carbonyl (C=O) groups excluding carboxylic acids is 2. The quantitative estimate of drug-likeness (QED) is 0.106. The van der Waals surface area contributed by atoms with Gasteiger partial charge in [0, 0.05) is 46.8 Å². The Labute approximate surface area is 382 Å². The zero-order valence-corrected chi connectivity index (χ0v) is 36.5. The number of ether oxygens (including phenoxy) is 2. The van der Waals surface area contributed by atoms with Gasteiger partial charge in [-0.25, -0.2) is 46.3 Å². The summed E-state index contributed by atoms with van der Waals surface area (Å²) in [5, 5.41) is 3.18. The fraction of sp³-hybridized carbons (Fsp3) is 0.208. The van der Waals surface area contributed by atoms with Crippen LogP contribution in [0.25, 0.3) is 50.5 Å². The Balaban J connectivity index is 1.05. The third-order valence-corrected chi connectivity index (χ3v) is 11.6. The second-order valence-corrected chi connectivity index (χ2v) is 16.6. The highest BCUT2D eigenvalue weighted by Gasteiger charge is 2.31. The van der Waals surface area contributed by atoms with Crippen molar-refractivity contribution in [2.45, 2.75) is 39.7 Å². The molecule has 2 aliphatic heterocycles. The minimum atomic E-state index is -1.46. The number of pyridine rings is 1. The summed E-state index contributed by atoms with van der Waals surface area (Å²) in [4.78, 5) is 46.5. The number of rotatable bonds is 9. The molecule has 346 valence electrons. The number of hydrazine groups is 2. The summed E-state index contributed by atoms with van der Waals surface area (Å²) in [6, 6.07) is 15.8. The summed E-state index contributed by atoms with van der Waals surface area (Å²) < 4.78 is 104. The van der Waals surface area contributed by atoms with Crippen molar-refractivity contribution in [3.8, 4) is 45.3 Å². The van der Waals surface area contributed by atoms with E-state index in [4.69, 9.17) is 14.5 Å². The molecule has 68 heavy (non-hydrogen) atoms. The van der Waals surface area contributed by atoms with Gasteiger partial charge in [-0.05, 0) is 62.2 Å². The minimum Gasteiger partial charge on any atom is -0.489 e. The van der Waals surface area contributed by atoms with Crippen molar-refractivity contribution in [2.24, 2.45) is 0 Å². The van der Waals surface area contributed by atoms with Crippen molar-refractivity contribution in [3.63, 3.8) is 0 Å². The van der Waals surface area contributed by atoms with Gasteiger partial charge in [0.15, 0.2) is 34.7 Å². The number of nitrogens with one attached hydrogen (secondary N) is 2. The molecule has 0 saturated heterocycles. The number of fused-ring (bicyclic) bond motifs is 4. The predicted octanol–water partition coefficient (Wildman–Crippen LogP) is 9.10. The monoisotopic (exact) mass is 932 g/mol. The number of carbonyl (C=O) groups is 2. The van der Waals surface area contributed by atoms with Crippen LogP contribution in [0.2, 0.25) is 0 Å². The summed E-state index contributed by atoms with van der Waals surface area (Å²) >= 11 is 0. The highest BCUT2D eigenvalue weighted by Crippen LogP contribution is 2.43. The maximum Gasteiger partial charge on any atom is 0.305 e. The molecule has 4 aromatic carbocycles. The lowest BCUT2D eigenvalue weighted by Gasteiger charge is -2.32. The molecular weight excluding hydrogens is 895 g/mol. The first-order chi connectivity index (χ1) is 32.7. The molecule has 0 unspecified atom stereocenters. The molecule has 14 nitrogen and oxygen atoms in total. The Morgan fingerprint density at radius 1 is 0.691 bits per heavy atom. The van der Waals surface area contributed by atoms with Crippen molar-refractivity contribution in [3.05, 3.63) is 137 Å². The number of amides is 2. The van der Waals surface area contributed by atoms with Crippen LogP contribution in [0.5, 0.6) is 11.5 Å². The second kappa shape index (κ2) is 16.9. The Kier molecular flexibility index (Phi) is 10.9. The van der Waals surface area contributed by atoms with Gasteiger partial charge in [0.25, 0.3) is 5.91 Å². The zero-order valence-electron chi connectivity index (χ0n) is 36.5. The molecular formula is C48H38F6N10O4. The molecule has 2 N–H and O–H groups in total. The fourth-order valence-electron chi connectivity index (χ4n) is 8.68. The van der Waals surface area contributed by atoms with Crippen LogP contribution in [0.15, 0.2) is 85.3 Å². The van der Waals surface area contributed by atoms with Gasteiger partial charge >= 0.3 is 5.91 Å². The van der Waals surface area contributed by atoms with Crippen LogP contribution in [0.1, 0.15) is 66.3 Å². The Hall–Kier alpha value is -8.16. The maximum absolute atomic E-state index is 15.8. The van der Waals surface area contributed by atoms with Gasteiger partial charge in [-0.2, -0.15) is 0 Å². The Morgan fingerprint density at radius 3 is 2.04 bits per heavy atom. The van der Waals surface area contributed by atoms with Crippen molar-refractivity contribution in [2.75, 3.05) is 36.3 Å². The standard InChI is InChI=1S/C48H38F6N10O4/c1-23(2)43-30(21-55-45-41(56-22-61(43)45)29-17-26(50)19-32(52)39(29)54)47(65)59-63-13-15-68-44-27(8-7-10-35(44)63)33-20-36-42(40(57-33)28-16-25(49)18-31(51)38(28)53)58-46(64(36)24(3)4)48(66)60-62-12-14-67-37-11-6-5-9-34(37)62/h5-11,16-24H,12-15H2,1-4H3,(H,59,65)(H,60,66). The van der Waals surface area contributed by atoms with Crippen LogP contribution in [0, 0.1) is 34.9 Å². The number of anilines is 2. The van der Waals surface area contributed by atoms with E-state index in [1.165, 1.54) is 16.9 Å². The molecule has 6 heterocycles. The number of nitrogens with zero attached hydrogens (tertiary/aromatic N) is 8. The van der Waals surface area contributed by atoms with Gasteiger partial charge in [0.05, 0.1) is 35.6 Å². The highest BCUT2D eigenvalue weighted by atomic mass is 19.2. The zero-order chi connectivity index (χ0) is 47.7. The lowest BCUT2D eigenvalue weighted by Crippen LogP contribution is -2.47. The molecule has 2 amide bonds. The lowest BCUT2D eigenvalue weighted by molar-refractivity contribution is 0.0925. The number of benzene rings is 4. The fourth-order valence-corrected chi connectivity index (χ4v) is 8.68. The summed E-state index contributed by atoms with van der Waals surface area (Å²) in [6.07, 6.45) is 2.58. The van der Waals surface area contributed by atoms with Gasteiger partial charge in [-0.3, -0.25) is 34.9 Å². The largest absolute Gasteiger partial charge is 0.489 e. The normalized spacial score (nSPS) is 13.5. The van der Waals surface area contributed by atoms with Crippen LogP contribution >= 0.6 is 0 Å². The van der Waals surface area contributed by atoms with Crippen molar-refractivity contribution < 1.29 is 45.4 Å². The average Bonchev–Trinajstić information content (AvgIpc) is 3.93. The minimum absolute atomic E-state index is 0.0109. The number of aromatic nitrogens is 6. The van der Waals surface area contributed by atoms with E-state index >= 15 is 4.39 Å². The molecule has 0 saturated carbocycles. The van der Waals surface area contributed by atoms with Gasteiger partial charge in [0.1, 0.15) is 59.5 Å². The third kappa shape index (κ3) is 7.41. The van der Waals surface area contributed by atoms with E-state index in [9.17, 15) is 31.5 Å². The average molecular weight is 933 g/mol. The number of hydrogen-bond donors (Lipinski definition) is 2. The lowest BCUT2D eigenvalue weighted by atomic mass is 10.0. The smallest absolute Gasteiger partial charge is 0.305 e. The van der Waals surface area contributed by atoms with Gasteiger partial charge in [0.2, 0.25) is 5.82 Å². The van der Waals surface area contributed by atoms with E-state index < -0.39 is 63.9 Å². The number of para-hydroxylation sites is 3. The first kappa shape index (κ1) is 43.7. The van der Waals surface area contributed by atoms with Crippen LogP contribution in [0.3, 0.4) is 0 Å². The van der Waals surface area contributed by atoms with E-state index in [0.717, 1.165) is 12.1 Å². The predicted molar refractivity (Wildman–Crippen MR) is 238 cm³/mol. The molecule has 10 rings (SSSR count). The first-order valence-electron chi connectivity index (χ1n) is 21.4. The SMILES string of the molecule is CC(C)c1c(C(=O)NN2CCOc3c(-c4cc5c(nc(C(=O)NN6CCOc7ccccc76)n5C(C)C)c(-c5cc(F)cc(F)c5F)n4)cccc32)cnc2c(-c3cc(F)cc(F)c3F)ncn12. The summed E-state index contributed by atoms with van der Waals surface area (Å²) in [6.45, 7) is 8.07. The number of halogens is 6. The molecule has 0 radical (unpaired) electrons. The van der Waals surface area contributed by atoms with Crippen LogP contribution in [-0.2, 0) is 0 Å². The third-order valence-electron chi connectivity index (χ3n) is 11.6. The van der Waals surface area contributed by atoms with Gasteiger partial charge in [-0.1, -0.05) is 32.0 Å². The molecule has 0 fully saturated rings. The second-order valence-electron chi connectivity index (χ2n) is 16.6. The summed E-state index contributed by atoms with van der Waals surface area (Å²) in [5.41, 5.74) is 6.82. The topological polar surface area (TPSA) is 144 Å². The Morgan fingerprint density at radius 2 is 1.34 bits per heavy atom. The number of hydrogen-bond acceptors (Lipinski definition) is 10. The maximum atomic E-state index is 15.8. The van der Waals surface area contributed by atoms with E-state index in [1.807, 2.05) is 27.7 Å². The highest BCUT2D eigenvalue weighted by molar-refractivity contribution is 6.01. The van der Waals surface area contributed by atoms with Crippen molar-refractivity contribution >= 4 is 39.9 Å². The molecule has 0 spiro atoms. The van der Waals surface area contributed by atoms with E-state index in [-0.39, 0.29) is 76.6 Å². The Bertz CT molecular complexity index is 3380. The van der Waals surface area contributed by atoms with Crippen LogP contribution in [0.4, 0.5) is 37.7 Å². The van der Waals surface area contributed by atoms with Crippen molar-refractivity contribution in [1.82, 2.24) is 39.8 Å². The summed E-state index contributed by atoms with van der Waals surface area (Å²) in [5.74, 6) is -8.48.